The third kappa shape index (κ3) is 3.08. The third-order valence-corrected chi connectivity index (χ3v) is 5.87. The Balaban J connectivity index is 1.68. The quantitative estimate of drug-likeness (QED) is 0.819. The van der Waals surface area contributed by atoms with Crippen LogP contribution in [0.4, 0.5) is 16.6 Å². The number of nitrogens with one attached hydrogen (secondary N) is 1. The van der Waals surface area contributed by atoms with Crippen molar-refractivity contribution in [3.05, 3.63) is 51.8 Å². The molecular formula is C20H26N6O2. The fourth-order valence-electron chi connectivity index (χ4n) is 4.63. The maximum atomic E-state index is 12.9. The van der Waals surface area contributed by atoms with Crippen LogP contribution in [-0.2, 0) is 0 Å². The number of rotatable bonds is 2. The first kappa shape index (κ1) is 18.3. The summed E-state index contributed by atoms with van der Waals surface area (Å²) in [6, 6.07) is 9.78. The minimum Gasteiger partial charge on any atom is -0.369 e. The Morgan fingerprint density at radius 3 is 2.68 bits per heavy atom. The second-order valence-corrected chi connectivity index (χ2v) is 7.95. The van der Waals surface area contributed by atoms with E-state index in [1.165, 1.54) is 17.2 Å². The Labute approximate surface area is 164 Å². The number of hydrogen-bond acceptors (Lipinski definition) is 5. The molecule has 0 saturated carbocycles. The number of fused-ring (bicyclic) bond motifs is 1. The molecule has 1 aromatic carbocycles. The normalized spacial score (nSPS) is 23.8. The highest BCUT2D eigenvalue weighted by molar-refractivity contribution is 5.75. The number of aromatic amines is 1. The zero-order valence-corrected chi connectivity index (χ0v) is 16.4. The average Bonchev–Trinajstić information content (AvgIpc) is 3.18. The first-order valence-corrected chi connectivity index (χ1v) is 9.50. The number of nitrogens with zero attached hydrogens (tertiary/aromatic N) is 4. The number of urea groups is 1. The van der Waals surface area contributed by atoms with E-state index >= 15 is 0 Å². The van der Waals surface area contributed by atoms with Crippen molar-refractivity contribution in [2.45, 2.75) is 13.0 Å². The lowest BCUT2D eigenvalue weighted by Gasteiger charge is -2.32. The van der Waals surface area contributed by atoms with Crippen LogP contribution in [0, 0.1) is 18.8 Å². The van der Waals surface area contributed by atoms with E-state index in [0.29, 0.717) is 18.3 Å². The number of benzene rings is 1. The van der Waals surface area contributed by atoms with Crippen LogP contribution in [0.25, 0.3) is 0 Å². The van der Waals surface area contributed by atoms with Gasteiger partial charge in [-0.3, -0.25) is 9.78 Å². The van der Waals surface area contributed by atoms with E-state index in [-0.39, 0.29) is 29.5 Å². The van der Waals surface area contributed by atoms with Gasteiger partial charge < -0.3 is 20.4 Å². The molecule has 4 rings (SSSR count). The van der Waals surface area contributed by atoms with Crippen molar-refractivity contribution in [1.82, 2.24) is 19.8 Å². The number of aromatic nitrogens is 2. The number of anilines is 2. The van der Waals surface area contributed by atoms with Crippen LogP contribution in [0.3, 0.4) is 0 Å². The fourth-order valence-corrected chi connectivity index (χ4v) is 4.63. The lowest BCUT2D eigenvalue weighted by atomic mass is 9.88. The molecule has 0 radical (unpaired) electrons. The van der Waals surface area contributed by atoms with Gasteiger partial charge in [0.1, 0.15) is 5.82 Å². The number of carbonyl (C=O) groups is 1. The molecule has 3 heterocycles. The Bertz CT molecular complexity index is 956. The van der Waals surface area contributed by atoms with Crippen LogP contribution < -0.4 is 16.2 Å². The Morgan fingerprint density at radius 2 is 2.00 bits per heavy atom. The molecule has 0 bridgehead atoms. The largest absolute Gasteiger partial charge is 0.369 e. The van der Waals surface area contributed by atoms with Gasteiger partial charge in [-0.1, -0.05) is 24.3 Å². The third-order valence-electron chi connectivity index (χ3n) is 5.87. The summed E-state index contributed by atoms with van der Waals surface area (Å²) in [4.78, 5) is 37.2. The van der Waals surface area contributed by atoms with Crippen molar-refractivity contribution in [2.24, 2.45) is 11.8 Å². The van der Waals surface area contributed by atoms with Gasteiger partial charge in [-0.2, -0.15) is 4.98 Å². The molecule has 2 fully saturated rings. The maximum absolute atomic E-state index is 12.9. The molecule has 1 aromatic heterocycles. The highest BCUT2D eigenvalue weighted by Gasteiger charge is 2.50. The van der Waals surface area contributed by atoms with Crippen molar-refractivity contribution in [3.8, 4) is 0 Å². The highest BCUT2D eigenvalue weighted by atomic mass is 16.2. The molecule has 8 nitrogen and oxygen atoms in total. The Morgan fingerprint density at radius 1 is 1.25 bits per heavy atom. The molecule has 2 saturated heterocycles. The summed E-state index contributed by atoms with van der Waals surface area (Å²) < 4.78 is 0. The van der Waals surface area contributed by atoms with Gasteiger partial charge in [0.25, 0.3) is 5.56 Å². The molecule has 0 unspecified atom stereocenters. The van der Waals surface area contributed by atoms with Crippen LogP contribution in [0.15, 0.2) is 35.1 Å². The molecule has 2 amide bonds. The van der Waals surface area contributed by atoms with E-state index in [1.54, 1.807) is 19.0 Å². The van der Waals surface area contributed by atoms with Crippen molar-refractivity contribution in [2.75, 3.05) is 44.4 Å². The predicted octanol–water partition coefficient (Wildman–Crippen LogP) is 1.45. The number of amides is 2. The molecule has 3 N–H and O–H groups in total. The van der Waals surface area contributed by atoms with Gasteiger partial charge in [-0.15, -0.1) is 0 Å². The molecule has 8 heteroatoms. The van der Waals surface area contributed by atoms with Crippen LogP contribution >= 0.6 is 0 Å². The number of nitrogen functional groups attached to an aromatic ring is 1. The van der Waals surface area contributed by atoms with Crippen LogP contribution in [0.1, 0.15) is 17.2 Å². The SMILES string of the molecule is Cc1ccccc1[C@H]1[C@@H]2CN(c3cc(=O)[nH]c(N)n3)C[C@@H]2CN1C(=O)N(C)C. The fraction of sp³-hybridized carbons (Fsp3) is 0.450. The molecular weight excluding hydrogens is 356 g/mol. The van der Waals surface area contributed by atoms with E-state index in [4.69, 9.17) is 5.73 Å². The van der Waals surface area contributed by atoms with Crippen molar-refractivity contribution < 1.29 is 4.79 Å². The van der Waals surface area contributed by atoms with Crippen LogP contribution in [0.2, 0.25) is 0 Å². The lowest BCUT2D eigenvalue weighted by Crippen LogP contribution is -2.41. The summed E-state index contributed by atoms with van der Waals surface area (Å²) in [5, 5.41) is 0. The zero-order chi connectivity index (χ0) is 20.0. The second kappa shape index (κ2) is 6.85. The van der Waals surface area contributed by atoms with Gasteiger partial charge in [-0.25, -0.2) is 4.79 Å². The maximum Gasteiger partial charge on any atom is 0.320 e. The first-order valence-electron chi connectivity index (χ1n) is 9.50. The molecule has 28 heavy (non-hydrogen) atoms. The number of H-pyrrole nitrogens is 1. The smallest absolute Gasteiger partial charge is 0.320 e. The van der Waals surface area contributed by atoms with Gasteiger partial charge in [0, 0.05) is 51.6 Å². The van der Waals surface area contributed by atoms with Crippen LogP contribution in [0.5, 0.6) is 0 Å². The van der Waals surface area contributed by atoms with Gasteiger partial charge >= 0.3 is 6.03 Å². The van der Waals surface area contributed by atoms with Crippen molar-refractivity contribution in [3.63, 3.8) is 0 Å². The molecule has 3 atom stereocenters. The summed E-state index contributed by atoms with van der Waals surface area (Å²) >= 11 is 0. The Kier molecular flexibility index (Phi) is 4.49. The minimum absolute atomic E-state index is 0.00504. The number of aryl methyl sites for hydroxylation is 1. The monoisotopic (exact) mass is 382 g/mol. The summed E-state index contributed by atoms with van der Waals surface area (Å²) in [6.07, 6.45) is 0. The summed E-state index contributed by atoms with van der Waals surface area (Å²) in [6.45, 7) is 4.26. The molecule has 0 spiro atoms. The van der Waals surface area contributed by atoms with Gasteiger partial charge in [-0.05, 0) is 18.1 Å². The zero-order valence-electron chi connectivity index (χ0n) is 16.4. The summed E-state index contributed by atoms with van der Waals surface area (Å²) in [5.41, 5.74) is 7.84. The molecule has 2 aliphatic heterocycles. The van der Waals surface area contributed by atoms with Crippen LogP contribution in [-0.4, -0.2) is 59.5 Å². The molecule has 0 aliphatic carbocycles. The number of nitrogens with two attached hydrogens (primary N) is 1. The lowest BCUT2D eigenvalue weighted by molar-refractivity contribution is 0.159. The highest BCUT2D eigenvalue weighted by Crippen LogP contribution is 2.46. The molecule has 2 aromatic rings. The van der Waals surface area contributed by atoms with E-state index < -0.39 is 0 Å². The average molecular weight is 382 g/mol. The van der Waals surface area contributed by atoms with E-state index in [9.17, 15) is 9.59 Å². The summed E-state index contributed by atoms with van der Waals surface area (Å²) in [7, 11) is 3.58. The second-order valence-electron chi connectivity index (χ2n) is 7.95. The minimum atomic E-state index is -0.251. The van der Waals surface area contributed by atoms with Gasteiger partial charge in [0.05, 0.1) is 6.04 Å². The number of hydrogen-bond donors (Lipinski definition) is 2. The number of carbonyl (C=O) groups excluding carboxylic acids is 1. The van der Waals surface area contributed by atoms with Gasteiger partial charge in [0.2, 0.25) is 5.95 Å². The van der Waals surface area contributed by atoms with Crippen molar-refractivity contribution in [1.29, 1.82) is 0 Å². The topological polar surface area (TPSA) is 98.6 Å². The van der Waals surface area contributed by atoms with Gasteiger partial charge in [0.15, 0.2) is 0 Å². The first-order chi connectivity index (χ1) is 13.3. The predicted molar refractivity (Wildman–Crippen MR) is 108 cm³/mol. The van der Waals surface area contributed by atoms with E-state index in [1.807, 2.05) is 17.0 Å². The Hall–Kier alpha value is -3.03. The van der Waals surface area contributed by atoms with Crippen molar-refractivity contribution >= 4 is 17.8 Å². The molecule has 2 aliphatic rings. The van der Waals surface area contributed by atoms with E-state index in [0.717, 1.165) is 13.1 Å². The molecule has 148 valence electrons. The van der Waals surface area contributed by atoms with E-state index in [2.05, 4.69) is 33.9 Å². The number of likely N-dealkylation sites (tertiary alicyclic amines) is 1. The standard InChI is InChI=1S/C20H26N6O2/c1-12-6-4-5-7-14(12)18-15-11-25(16-8-17(27)23-19(21)22-16)9-13(15)10-26(18)20(28)24(2)3/h4-8,13,15,18H,9-11H2,1-3H3,(H3,21,22,23,27)/t13-,15-,18+/m1/s1. The summed E-state index contributed by atoms with van der Waals surface area (Å²) in [5.74, 6) is 1.31.